The van der Waals surface area contributed by atoms with Crippen molar-refractivity contribution in [2.75, 3.05) is 18.5 Å². The lowest BCUT2D eigenvalue weighted by Gasteiger charge is -2.24. The van der Waals surface area contributed by atoms with Gasteiger partial charge in [0.15, 0.2) is 0 Å². The van der Waals surface area contributed by atoms with Crippen molar-refractivity contribution in [3.8, 4) is 0 Å². The zero-order valence-corrected chi connectivity index (χ0v) is 16.8. The molecule has 3 rings (SSSR count). The summed E-state index contributed by atoms with van der Waals surface area (Å²) in [6.45, 7) is 4.65. The van der Waals surface area contributed by atoms with E-state index in [-0.39, 0.29) is 18.4 Å². The molecule has 1 atom stereocenters. The maximum absolute atomic E-state index is 12.8. The summed E-state index contributed by atoms with van der Waals surface area (Å²) < 4.78 is 4.95. The smallest absolute Gasteiger partial charge is 0.313 e. The number of esters is 1. The fourth-order valence-corrected chi connectivity index (χ4v) is 3.69. The van der Waals surface area contributed by atoms with E-state index < -0.39 is 11.8 Å². The summed E-state index contributed by atoms with van der Waals surface area (Å²) >= 11 is 0. The van der Waals surface area contributed by atoms with Crippen molar-refractivity contribution in [1.29, 1.82) is 0 Å². The minimum atomic E-state index is -0.669. The van der Waals surface area contributed by atoms with Crippen LogP contribution in [0.4, 0.5) is 5.69 Å². The summed E-state index contributed by atoms with van der Waals surface area (Å²) in [4.78, 5) is 38.7. The number of benzene rings is 2. The summed E-state index contributed by atoms with van der Waals surface area (Å²) in [5.41, 5.74) is 3.38. The van der Waals surface area contributed by atoms with Crippen molar-refractivity contribution in [1.82, 2.24) is 4.90 Å². The molecule has 2 aromatic rings. The Morgan fingerprint density at radius 3 is 2.69 bits per heavy atom. The number of nitrogens with one attached hydrogen (secondary N) is 1. The van der Waals surface area contributed by atoms with Crippen LogP contribution in [0.5, 0.6) is 0 Å². The highest BCUT2D eigenvalue weighted by Crippen LogP contribution is 2.32. The van der Waals surface area contributed by atoms with Gasteiger partial charge in [0, 0.05) is 12.2 Å². The number of hydrogen-bond donors (Lipinski definition) is 1. The predicted octanol–water partition coefficient (Wildman–Crippen LogP) is 3.40. The third-order valence-electron chi connectivity index (χ3n) is 4.97. The Morgan fingerprint density at radius 1 is 1.14 bits per heavy atom. The van der Waals surface area contributed by atoms with Crippen LogP contribution in [0.1, 0.15) is 42.5 Å². The van der Waals surface area contributed by atoms with E-state index in [1.165, 1.54) is 0 Å². The molecular formula is C23H26N2O4. The van der Waals surface area contributed by atoms with Gasteiger partial charge >= 0.3 is 17.8 Å². The van der Waals surface area contributed by atoms with E-state index in [1.54, 1.807) is 36.1 Å². The molecule has 0 radical (unpaired) electrons. The van der Waals surface area contributed by atoms with Gasteiger partial charge in [-0.3, -0.25) is 14.4 Å². The van der Waals surface area contributed by atoms with Gasteiger partial charge in [-0.2, -0.15) is 0 Å². The number of aryl methyl sites for hydroxylation is 1. The predicted molar refractivity (Wildman–Crippen MR) is 110 cm³/mol. The summed E-state index contributed by atoms with van der Waals surface area (Å²) in [5.74, 6) is -1.53. The summed E-state index contributed by atoms with van der Waals surface area (Å²) in [6, 6.07) is 14.9. The van der Waals surface area contributed by atoms with E-state index in [9.17, 15) is 14.4 Å². The van der Waals surface area contributed by atoms with Gasteiger partial charge in [0.1, 0.15) is 0 Å². The fourth-order valence-electron chi connectivity index (χ4n) is 3.69. The molecule has 0 saturated carbocycles. The summed E-state index contributed by atoms with van der Waals surface area (Å²) in [6.07, 6.45) is 1.83. The average Bonchev–Trinajstić information content (AvgIpc) is 3.17. The van der Waals surface area contributed by atoms with E-state index in [4.69, 9.17) is 4.74 Å². The molecule has 0 unspecified atom stereocenters. The van der Waals surface area contributed by atoms with Crippen molar-refractivity contribution < 1.29 is 19.1 Å². The van der Waals surface area contributed by atoms with Crippen LogP contribution in [-0.4, -0.2) is 35.8 Å². The number of carbonyl (C=O) groups is 3. The van der Waals surface area contributed by atoms with E-state index >= 15 is 0 Å². The summed E-state index contributed by atoms with van der Waals surface area (Å²) in [5, 5.41) is 2.67. The van der Waals surface area contributed by atoms with Crippen LogP contribution in [0.15, 0.2) is 48.5 Å². The third kappa shape index (κ3) is 5.22. The molecule has 1 aliphatic rings. The molecule has 6 heteroatoms. The number of likely N-dealkylation sites (tertiary alicyclic amines) is 1. The first-order valence-corrected chi connectivity index (χ1v) is 9.91. The monoisotopic (exact) mass is 394 g/mol. The van der Waals surface area contributed by atoms with Gasteiger partial charge < -0.3 is 15.0 Å². The summed E-state index contributed by atoms with van der Waals surface area (Å²) in [7, 11) is 0. The topological polar surface area (TPSA) is 75.7 Å². The van der Waals surface area contributed by atoms with Crippen molar-refractivity contribution in [2.45, 2.75) is 39.2 Å². The molecule has 0 spiro atoms. The van der Waals surface area contributed by atoms with Gasteiger partial charge in [-0.15, -0.1) is 0 Å². The highest BCUT2D eigenvalue weighted by molar-refractivity contribution is 6.39. The number of rotatable bonds is 5. The molecule has 1 aliphatic heterocycles. The van der Waals surface area contributed by atoms with Gasteiger partial charge in [0.25, 0.3) is 0 Å². The maximum atomic E-state index is 12.8. The van der Waals surface area contributed by atoms with Crippen molar-refractivity contribution >= 4 is 23.5 Å². The number of ether oxygens (including phenoxy) is 1. The van der Waals surface area contributed by atoms with Gasteiger partial charge in [0.05, 0.1) is 19.1 Å². The van der Waals surface area contributed by atoms with Gasteiger partial charge in [-0.1, -0.05) is 42.0 Å². The van der Waals surface area contributed by atoms with Crippen molar-refractivity contribution in [3.05, 3.63) is 65.2 Å². The second-order valence-electron chi connectivity index (χ2n) is 7.21. The molecule has 0 aromatic heterocycles. The molecule has 6 nitrogen and oxygen atoms in total. The lowest BCUT2D eigenvalue weighted by molar-refractivity contribution is -0.143. The number of anilines is 1. The Bertz CT molecular complexity index is 909. The van der Waals surface area contributed by atoms with Crippen LogP contribution in [0.3, 0.4) is 0 Å². The number of nitrogens with zero attached hydrogens (tertiary/aromatic N) is 1. The quantitative estimate of drug-likeness (QED) is 0.623. The molecule has 152 valence electrons. The van der Waals surface area contributed by atoms with Gasteiger partial charge in [0.2, 0.25) is 0 Å². The van der Waals surface area contributed by atoms with E-state index in [0.717, 1.165) is 24.0 Å². The molecule has 29 heavy (non-hydrogen) atoms. The Labute approximate surface area is 170 Å². The van der Waals surface area contributed by atoms with E-state index in [2.05, 4.69) is 11.4 Å². The molecule has 0 aliphatic carbocycles. The normalized spacial score (nSPS) is 15.8. The van der Waals surface area contributed by atoms with Crippen molar-refractivity contribution in [3.63, 3.8) is 0 Å². The van der Waals surface area contributed by atoms with Crippen LogP contribution in [0.25, 0.3) is 0 Å². The standard InChI is InChI=1S/C23H26N2O4/c1-3-29-21(26)15-17-8-5-10-19(14-17)24-22(27)23(28)25-12-6-11-20(25)18-9-4-7-16(2)13-18/h4-5,7-10,13-14,20H,3,6,11-12,15H2,1-2H3,(H,24,27)/t20-/m1/s1. The van der Waals surface area contributed by atoms with Gasteiger partial charge in [-0.25, -0.2) is 0 Å². The number of carbonyl (C=O) groups excluding carboxylic acids is 3. The van der Waals surface area contributed by atoms with Crippen LogP contribution in [0, 0.1) is 6.92 Å². The highest BCUT2D eigenvalue weighted by atomic mass is 16.5. The lowest BCUT2D eigenvalue weighted by Crippen LogP contribution is -2.39. The SMILES string of the molecule is CCOC(=O)Cc1cccc(NC(=O)C(=O)N2CCC[C@@H]2c2cccc(C)c2)c1. The highest BCUT2D eigenvalue weighted by Gasteiger charge is 2.33. The molecule has 2 aromatic carbocycles. The second kappa shape index (κ2) is 9.37. The van der Waals surface area contributed by atoms with Gasteiger partial charge in [-0.05, 0) is 49.9 Å². The molecule has 2 amide bonds. The zero-order chi connectivity index (χ0) is 20.8. The molecular weight excluding hydrogens is 368 g/mol. The minimum Gasteiger partial charge on any atom is -0.466 e. The average molecular weight is 394 g/mol. The first-order valence-electron chi connectivity index (χ1n) is 9.91. The lowest BCUT2D eigenvalue weighted by atomic mass is 10.0. The maximum Gasteiger partial charge on any atom is 0.313 e. The molecule has 1 heterocycles. The first kappa shape index (κ1) is 20.6. The van der Waals surface area contributed by atoms with Crippen LogP contribution in [0.2, 0.25) is 0 Å². The Morgan fingerprint density at radius 2 is 1.93 bits per heavy atom. The van der Waals surface area contributed by atoms with E-state index in [0.29, 0.717) is 24.4 Å². The Hall–Kier alpha value is -3.15. The molecule has 1 fully saturated rings. The molecule has 0 bridgehead atoms. The molecule has 1 saturated heterocycles. The van der Waals surface area contributed by atoms with E-state index in [1.807, 2.05) is 25.1 Å². The number of hydrogen-bond acceptors (Lipinski definition) is 4. The van der Waals surface area contributed by atoms with Crippen molar-refractivity contribution in [2.24, 2.45) is 0 Å². The fraction of sp³-hybridized carbons (Fsp3) is 0.348. The second-order valence-corrected chi connectivity index (χ2v) is 7.21. The van der Waals surface area contributed by atoms with Crippen LogP contribution in [-0.2, 0) is 25.5 Å². The first-order chi connectivity index (χ1) is 14.0. The largest absolute Gasteiger partial charge is 0.466 e. The minimum absolute atomic E-state index is 0.0803. The molecule has 1 N–H and O–H groups in total. The van der Waals surface area contributed by atoms with Crippen LogP contribution < -0.4 is 5.32 Å². The van der Waals surface area contributed by atoms with Crippen LogP contribution >= 0.6 is 0 Å². The Balaban J connectivity index is 1.67. The number of amides is 2. The third-order valence-corrected chi connectivity index (χ3v) is 4.97. The zero-order valence-electron chi connectivity index (χ0n) is 16.8. The Kier molecular flexibility index (Phi) is 6.65.